The molecule has 0 heterocycles. The molecular weight excluding hydrogens is 276 g/mol. The Morgan fingerprint density at radius 1 is 1.30 bits per heavy atom. The van der Waals surface area contributed by atoms with Crippen LogP contribution in [0, 0.1) is 0 Å². The van der Waals surface area contributed by atoms with Crippen molar-refractivity contribution in [1.82, 2.24) is 5.32 Å². The number of rotatable bonds is 4. The van der Waals surface area contributed by atoms with E-state index in [2.05, 4.69) is 5.32 Å². The first-order valence-electron chi connectivity index (χ1n) is 7.13. The lowest BCUT2D eigenvalue weighted by molar-refractivity contribution is -0.123. The smallest absolute Gasteiger partial charge is 0.258 e. The van der Waals surface area contributed by atoms with Crippen molar-refractivity contribution in [2.24, 2.45) is 0 Å². The minimum Gasteiger partial charge on any atom is -0.480 e. The second-order valence-corrected chi connectivity index (χ2v) is 5.61. The molecule has 0 aliphatic heterocycles. The molecule has 1 amide bonds. The SMILES string of the molecule is Nc1cccc(Cl)c1OCC(=O)NC1CCCCCC1. The Hall–Kier alpha value is -1.42. The number of nitrogen functional groups attached to an aromatic ring is 1. The lowest BCUT2D eigenvalue weighted by Crippen LogP contribution is -2.37. The molecule has 1 aromatic carbocycles. The number of carbonyl (C=O) groups excluding carboxylic acids is 1. The first-order valence-corrected chi connectivity index (χ1v) is 7.51. The highest BCUT2D eigenvalue weighted by Gasteiger charge is 2.15. The summed E-state index contributed by atoms with van der Waals surface area (Å²) in [4.78, 5) is 11.9. The molecule has 110 valence electrons. The Labute approximate surface area is 124 Å². The Kier molecular flexibility index (Phi) is 5.53. The fourth-order valence-corrected chi connectivity index (χ4v) is 2.74. The summed E-state index contributed by atoms with van der Waals surface area (Å²) < 4.78 is 5.43. The molecule has 20 heavy (non-hydrogen) atoms. The Bertz CT molecular complexity index is 437. The highest BCUT2D eigenvalue weighted by atomic mass is 35.5. The van der Waals surface area contributed by atoms with E-state index in [1.807, 2.05) is 0 Å². The quantitative estimate of drug-likeness (QED) is 0.663. The van der Waals surface area contributed by atoms with Crippen LogP contribution in [0.4, 0.5) is 5.69 Å². The van der Waals surface area contributed by atoms with Crippen molar-refractivity contribution in [1.29, 1.82) is 0 Å². The zero-order valence-electron chi connectivity index (χ0n) is 11.5. The maximum atomic E-state index is 11.9. The second kappa shape index (κ2) is 7.39. The number of halogens is 1. The lowest BCUT2D eigenvalue weighted by Gasteiger charge is -2.17. The molecule has 3 N–H and O–H groups in total. The van der Waals surface area contributed by atoms with Gasteiger partial charge >= 0.3 is 0 Å². The number of nitrogens with one attached hydrogen (secondary N) is 1. The topological polar surface area (TPSA) is 64.3 Å². The van der Waals surface area contributed by atoms with Crippen LogP contribution in [0.2, 0.25) is 5.02 Å². The summed E-state index contributed by atoms with van der Waals surface area (Å²) in [6, 6.07) is 5.41. The average Bonchev–Trinajstić information content (AvgIpc) is 2.67. The van der Waals surface area contributed by atoms with Crippen LogP contribution in [-0.2, 0) is 4.79 Å². The van der Waals surface area contributed by atoms with E-state index < -0.39 is 0 Å². The molecule has 4 nitrogen and oxygen atoms in total. The van der Waals surface area contributed by atoms with E-state index >= 15 is 0 Å². The zero-order chi connectivity index (χ0) is 14.4. The molecule has 1 fully saturated rings. The van der Waals surface area contributed by atoms with Crippen LogP contribution < -0.4 is 15.8 Å². The third-order valence-corrected chi connectivity index (χ3v) is 3.86. The third-order valence-electron chi connectivity index (χ3n) is 3.57. The number of ether oxygens (including phenoxy) is 1. The maximum absolute atomic E-state index is 11.9. The van der Waals surface area contributed by atoms with E-state index in [9.17, 15) is 4.79 Å². The fraction of sp³-hybridized carbons (Fsp3) is 0.533. The van der Waals surface area contributed by atoms with Crippen LogP contribution in [0.3, 0.4) is 0 Å². The number of anilines is 1. The number of amides is 1. The van der Waals surface area contributed by atoms with E-state index in [4.69, 9.17) is 22.1 Å². The van der Waals surface area contributed by atoms with Crippen molar-refractivity contribution in [3.05, 3.63) is 23.2 Å². The standard InChI is InChI=1S/C15H21ClN2O2/c16-12-8-5-9-13(17)15(12)20-10-14(19)18-11-6-3-1-2-4-7-11/h5,8-9,11H,1-4,6-7,10,17H2,(H,18,19). The van der Waals surface area contributed by atoms with Gasteiger partial charge in [-0.15, -0.1) is 0 Å². The van der Waals surface area contributed by atoms with Gasteiger partial charge in [-0.2, -0.15) is 0 Å². The van der Waals surface area contributed by atoms with E-state index in [1.54, 1.807) is 18.2 Å². The van der Waals surface area contributed by atoms with Gasteiger partial charge < -0.3 is 15.8 Å². The van der Waals surface area contributed by atoms with Crippen molar-refractivity contribution in [3.8, 4) is 5.75 Å². The van der Waals surface area contributed by atoms with E-state index in [-0.39, 0.29) is 18.6 Å². The summed E-state index contributed by atoms with van der Waals surface area (Å²) in [7, 11) is 0. The summed E-state index contributed by atoms with van der Waals surface area (Å²) in [5.41, 5.74) is 6.22. The van der Waals surface area contributed by atoms with Crippen molar-refractivity contribution in [3.63, 3.8) is 0 Å². The van der Waals surface area contributed by atoms with Gasteiger partial charge in [-0.25, -0.2) is 0 Å². The molecule has 1 saturated carbocycles. The van der Waals surface area contributed by atoms with Crippen molar-refractivity contribution in [2.45, 2.75) is 44.6 Å². The zero-order valence-corrected chi connectivity index (χ0v) is 12.3. The summed E-state index contributed by atoms with van der Waals surface area (Å²) in [6.45, 7) is -0.0512. The van der Waals surface area contributed by atoms with Gasteiger partial charge in [-0.05, 0) is 25.0 Å². The Balaban J connectivity index is 1.82. The van der Waals surface area contributed by atoms with Crippen molar-refractivity contribution in [2.75, 3.05) is 12.3 Å². The monoisotopic (exact) mass is 296 g/mol. The molecule has 1 aliphatic carbocycles. The van der Waals surface area contributed by atoms with Gasteiger partial charge in [0.15, 0.2) is 12.4 Å². The summed E-state index contributed by atoms with van der Waals surface area (Å²) in [5, 5.41) is 3.44. The molecule has 0 spiro atoms. The van der Waals surface area contributed by atoms with E-state index in [0.29, 0.717) is 16.5 Å². The maximum Gasteiger partial charge on any atom is 0.258 e. The number of nitrogens with two attached hydrogens (primary N) is 1. The van der Waals surface area contributed by atoms with Gasteiger partial charge in [-0.1, -0.05) is 43.4 Å². The van der Waals surface area contributed by atoms with Gasteiger partial charge in [0.1, 0.15) is 0 Å². The first kappa shape index (κ1) is 15.0. The summed E-state index contributed by atoms with van der Waals surface area (Å²) in [5.74, 6) is 0.265. The number of para-hydroxylation sites is 1. The predicted molar refractivity (Wildman–Crippen MR) is 81.0 cm³/mol. The fourth-order valence-electron chi connectivity index (χ4n) is 2.51. The molecule has 0 atom stereocenters. The van der Waals surface area contributed by atoms with Crippen LogP contribution in [0.15, 0.2) is 18.2 Å². The van der Waals surface area contributed by atoms with Gasteiger partial charge in [-0.3, -0.25) is 4.79 Å². The molecule has 0 bridgehead atoms. The average molecular weight is 297 g/mol. The van der Waals surface area contributed by atoms with Gasteiger partial charge in [0, 0.05) is 6.04 Å². The minimum absolute atomic E-state index is 0.0512. The number of carbonyl (C=O) groups is 1. The summed E-state index contributed by atoms with van der Waals surface area (Å²) >= 11 is 5.99. The highest BCUT2D eigenvalue weighted by Crippen LogP contribution is 2.30. The Morgan fingerprint density at radius 2 is 2.00 bits per heavy atom. The van der Waals surface area contributed by atoms with Crippen LogP contribution in [0.1, 0.15) is 38.5 Å². The largest absolute Gasteiger partial charge is 0.480 e. The molecule has 0 saturated heterocycles. The van der Waals surface area contributed by atoms with E-state index in [0.717, 1.165) is 12.8 Å². The van der Waals surface area contributed by atoms with Crippen LogP contribution >= 0.6 is 11.6 Å². The van der Waals surface area contributed by atoms with Crippen LogP contribution in [0.25, 0.3) is 0 Å². The third kappa shape index (κ3) is 4.30. The lowest BCUT2D eigenvalue weighted by atomic mass is 10.1. The van der Waals surface area contributed by atoms with E-state index in [1.165, 1.54) is 25.7 Å². The molecule has 1 aromatic rings. The van der Waals surface area contributed by atoms with Crippen molar-refractivity contribution >= 4 is 23.2 Å². The minimum atomic E-state index is -0.115. The van der Waals surface area contributed by atoms with Gasteiger partial charge in [0.05, 0.1) is 10.7 Å². The normalized spacial score (nSPS) is 16.4. The van der Waals surface area contributed by atoms with Gasteiger partial charge in [0.2, 0.25) is 0 Å². The van der Waals surface area contributed by atoms with Crippen molar-refractivity contribution < 1.29 is 9.53 Å². The molecular formula is C15H21ClN2O2. The number of hydrogen-bond acceptors (Lipinski definition) is 3. The first-order chi connectivity index (χ1) is 9.66. The summed E-state index contributed by atoms with van der Waals surface area (Å²) in [6.07, 6.45) is 7.00. The van der Waals surface area contributed by atoms with Crippen LogP contribution in [0.5, 0.6) is 5.75 Å². The molecule has 2 rings (SSSR count). The molecule has 0 unspecified atom stereocenters. The molecule has 0 radical (unpaired) electrons. The van der Waals surface area contributed by atoms with Crippen LogP contribution in [-0.4, -0.2) is 18.6 Å². The predicted octanol–water partition coefficient (Wildman–Crippen LogP) is 3.14. The number of hydrogen-bond donors (Lipinski definition) is 2. The second-order valence-electron chi connectivity index (χ2n) is 5.20. The number of benzene rings is 1. The van der Waals surface area contributed by atoms with Gasteiger partial charge in [0.25, 0.3) is 5.91 Å². The molecule has 0 aromatic heterocycles. The molecule has 1 aliphatic rings. The molecule has 5 heteroatoms. The Morgan fingerprint density at radius 3 is 2.65 bits per heavy atom. The highest BCUT2D eigenvalue weighted by molar-refractivity contribution is 6.32.